The van der Waals surface area contributed by atoms with Gasteiger partial charge < -0.3 is 24.7 Å². The third-order valence-electron chi connectivity index (χ3n) is 5.89. The molecule has 0 radical (unpaired) electrons. The zero-order chi connectivity index (χ0) is 28.4. The number of rotatable bonds is 12. The fourth-order valence-corrected chi connectivity index (χ4v) is 5.89. The Kier molecular flexibility index (Phi) is 8.60. The number of carbonyl (C=O) groups is 1. The van der Waals surface area contributed by atoms with Crippen molar-refractivity contribution in [2.75, 3.05) is 12.3 Å². The van der Waals surface area contributed by atoms with Gasteiger partial charge in [0, 0.05) is 17.0 Å². The zero-order valence-electron chi connectivity index (χ0n) is 22.1. The van der Waals surface area contributed by atoms with E-state index < -0.39 is 19.6 Å². The number of nitrogens with zero attached hydrogens (tertiary/aromatic N) is 3. The number of hydrogen-bond donors (Lipinski definition) is 3. The van der Waals surface area contributed by atoms with Crippen LogP contribution < -0.4 is 15.3 Å². The van der Waals surface area contributed by atoms with Crippen molar-refractivity contribution in [1.82, 2.24) is 19.6 Å². The molecule has 4 N–H and O–H groups in total. The molecule has 13 heteroatoms. The molecule has 0 saturated carbocycles. The predicted octanol–water partition coefficient (Wildman–Crippen LogP) is 4.84. The first-order valence-electron chi connectivity index (χ1n) is 12.3. The number of imidazole rings is 1. The highest BCUT2D eigenvalue weighted by molar-refractivity contribution is 7.52. The molecule has 0 aliphatic heterocycles. The normalized spacial score (nSPS) is 15.6. The smallest absolute Gasteiger partial charge is 0.413 e. The number of halogens is 1. The molecule has 0 amide bonds. The molecule has 0 aliphatic rings. The molecule has 4 aromatic rings. The van der Waals surface area contributed by atoms with Gasteiger partial charge >= 0.3 is 7.75 Å². The Balaban J connectivity index is 1.76. The predicted molar refractivity (Wildman–Crippen MR) is 149 cm³/mol. The van der Waals surface area contributed by atoms with E-state index in [1.807, 2.05) is 31.2 Å². The number of nitrogen functional groups attached to an aromatic ring is 1. The first-order chi connectivity index (χ1) is 18.4. The van der Waals surface area contributed by atoms with Gasteiger partial charge in [0.15, 0.2) is 11.6 Å². The Hall–Kier alpha value is -3.05. The molecule has 2 heterocycles. The number of anilines is 1. The van der Waals surface area contributed by atoms with E-state index in [1.165, 1.54) is 32.9 Å². The first-order valence-corrected chi connectivity index (χ1v) is 14.2. The van der Waals surface area contributed by atoms with Crippen LogP contribution in [-0.4, -0.2) is 43.9 Å². The van der Waals surface area contributed by atoms with E-state index in [9.17, 15) is 14.5 Å². The number of hydrogen-bond acceptors (Lipinski definition) is 9. The van der Waals surface area contributed by atoms with Gasteiger partial charge in [-0.25, -0.2) is 19.6 Å². The van der Waals surface area contributed by atoms with Crippen LogP contribution in [0.25, 0.3) is 21.9 Å². The van der Waals surface area contributed by atoms with Gasteiger partial charge in [-0.2, -0.15) is 0 Å². The number of aromatic nitrogens is 3. The molecule has 2 aromatic heterocycles. The van der Waals surface area contributed by atoms with Crippen molar-refractivity contribution < 1.29 is 28.3 Å². The fourth-order valence-electron chi connectivity index (χ4n) is 3.99. The maximum atomic E-state index is 13.9. The lowest BCUT2D eigenvalue weighted by atomic mass is 10.2. The second kappa shape index (κ2) is 11.6. The van der Waals surface area contributed by atoms with Gasteiger partial charge in [0.2, 0.25) is 0 Å². The van der Waals surface area contributed by atoms with Crippen molar-refractivity contribution in [2.24, 2.45) is 0 Å². The molecule has 4 rings (SSSR count). The largest absolute Gasteiger partial charge is 0.461 e. The number of aliphatic hydroxyl groups is 1. The number of carbonyl (C=O) groups excluding carboxylic acids is 1. The fraction of sp³-hybridized carbons (Fsp3) is 0.346. The Morgan fingerprint density at radius 3 is 2.59 bits per heavy atom. The van der Waals surface area contributed by atoms with Gasteiger partial charge in [-0.3, -0.25) is 9.32 Å². The van der Waals surface area contributed by atoms with Crippen molar-refractivity contribution in [3.05, 3.63) is 59.4 Å². The number of para-hydroxylation sites is 1. The van der Waals surface area contributed by atoms with Crippen LogP contribution in [0.5, 0.6) is 5.75 Å². The van der Waals surface area contributed by atoms with Crippen molar-refractivity contribution in [3.63, 3.8) is 0 Å². The monoisotopic (exact) mass is 575 g/mol. The summed E-state index contributed by atoms with van der Waals surface area (Å²) in [4.78, 5) is 21.1. The quantitative estimate of drug-likeness (QED) is 0.158. The molecule has 0 bridgehead atoms. The molecule has 3 atom stereocenters. The van der Waals surface area contributed by atoms with Crippen LogP contribution >= 0.6 is 19.3 Å². The van der Waals surface area contributed by atoms with Crippen LogP contribution in [0.1, 0.15) is 33.5 Å². The number of Topliss-reactive ketones (excluding diaryl/α,β-unsaturated/α-hetero) is 1. The highest BCUT2D eigenvalue weighted by Crippen LogP contribution is 2.48. The second-order valence-electron chi connectivity index (χ2n) is 9.23. The second-order valence-corrected chi connectivity index (χ2v) is 11.3. The summed E-state index contributed by atoms with van der Waals surface area (Å²) in [5.74, 6) is -1.54. The van der Waals surface area contributed by atoms with E-state index in [2.05, 4.69) is 15.1 Å². The van der Waals surface area contributed by atoms with Gasteiger partial charge in [0.1, 0.15) is 29.5 Å². The van der Waals surface area contributed by atoms with Crippen molar-refractivity contribution in [2.45, 2.75) is 52.7 Å². The van der Waals surface area contributed by atoms with E-state index in [1.54, 1.807) is 16.7 Å². The van der Waals surface area contributed by atoms with E-state index in [4.69, 9.17) is 31.1 Å². The number of fused-ring (bicyclic) bond motifs is 3. The molecule has 39 heavy (non-hydrogen) atoms. The Labute approximate surface area is 230 Å². The van der Waals surface area contributed by atoms with Crippen LogP contribution in [-0.2, 0) is 31.8 Å². The van der Waals surface area contributed by atoms with Crippen LogP contribution in [0.15, 0.2) is 48.5 Å². The highest BCUT2D eigenvalue weighted by atomic mass is 35.5. The average Bonchev–Trinajstić information content (AvgIpc) is 3.21. The summed E-state index contributed by atoms with van der Waals surface area (Å²) in [6.45, 7) is 6.36. The van der Waals surface area contributed by atoms with Crippen molar-refractivity contribution in [1.29, 1.82) is 0 Å². The third-order valence-corrected chi connectivity index (χ3v) is 7.93. The summed E-state index contributed by atoms with van der Waals surface area (Å²) in [6.07, 6.45) is 0. The molecule has 2 unspecified atom stereocenters. The number of ketones is 1. The topological polar surface area (TPSA) is 151 Å². The molecular weight excluding hydrogens is 545 g/mol. The molecule has 208 valence electrons. The highest BCUT2D eigenvalue weighted by Gasteiger charge is 2.40. The number of ether oxygens (including phenoxy) is 1. The molecule has 11 nitrogen and oxygen atoms in total. The molecule has 0 aliphatic carbocycles. The molecule has 0 spiro atoms. The van der Waals surface area contributed by atoms with Crippen LogP contribution in [0.4, 0.5) is 5.82 Å². The van der Waals surface area contributed by atoms with Crippen LogP contribution in [0.2, 0.25) is 5.02 Å². The Bertz CT molecular complexity index is 1540. The molecular formula is C26H31ClN5O6P. The van der Waals surface area contributed by atoms with E-state index >= 15 is 0 Å². The van der Waals surface area contributed by atoms with E-state index in [0.717, 1.165) is 5.39 Å². The van der Waals surface area contributed by atoms with Crippen LogP contribution in [0.3, 0.4) is 0 Å². The van der Waals surface area contributed by atoms with Gasteiger partial charge in [-0.15, -0.1) is 0 Å². The lowest BCUT2D eigenvalue weighted by Crippen LogP contribution is -2.39. The SMILES string of the molecule is CCOCc1nc2c(N)nc3ccccc3c2n1CC(C)(O)OP(=O)(N[C@@H](C)C(C)=O)Oc1ccc(Cl)cc1. The van der Waals surface area contributed by atoms with E-state index in [0.29, 0.717) is 34.0 Å². The number of nitrogens with two attached hydrogens (primary N) is 1. The van der Waals surface area contributed by atoms with Gasteiger partial charge in [-0.05, 0) is 58.0 Å². The number of benzene rings is 2. The lowest BCUT2D eigenvalue weighted by Gasteiger charge is -2.31. The summed E-state index contributed by atoms with van der Waals surface area (Å²) >= 11 is 5.96. The summed E-state index contributed by atoms with van der Waals surface area (Å²) in [5, 5.41) is 15.3. The van der Waals surface area contributed by atoms with Crippen LogP contribution in [0, 0.1) is 0 Å². The molecule has 0 fully saturated rings. The minimum atomic E-state index is -4.33. The molecule has 0 saturated heterocycles. The standard InChI is InChI=1S/C26H31ClN5O6P/c1-5-36-14-22-30-23-24(20-8-6-7-9-21(20)29-25(23)28)32(22)15-26(4,34)38-39(35,31-16(2)17(3)33)37-19-12-10-18(27)11-13-19/h6-13,16,34H,5,14-15H2,1-4H3,(H2,28,29)(H,31,35)/t16-,26?,39?/m0/s1. The summed E-state index contributed by atoms with van der Waals surface area (Å²) in [7, 11) is -4.33. The average molecular weight is 576 g/mol. The minimum Gasteiger partial charge on any atom is -0.413 e. The molecule has 2 aromatic carbocycles. The Morgan fingerprint density at radius 2 is 1.92 bits per heavy atom. The number of pyridine rings is 1. The zero-order valence-corrected chi connectivity index (χ0v) is 23.7. The van der Waals surface area contributed by atoms with Gasteiger partial charge in [-0.1, -0.05) is 29.8 Å². The van der Waals surface area contributed by atoms with Crippen molar-refractivity contribution in [3.8, 4) is 5.75 Å². The van der Waals surface area contributed by atoms with Gasteiger partial charge in [0.05, 0.1) is 23.6 Å². The Morgan fingerprint density at radius 1 is 1.23 bits per heavy atom. The first kappa shape index (κ1) is 28.9. The van der Waals surface area contributed by atoms with Gasteiger partial charge in [0.25, 0.3) is 0 Å². The maximum Gasteiger partial charge on any atom is 0.461 e. The lowest BCUT2D eigenvalue weighted by molar-refractivity contribution is -0.138. The minimum absolute atomic E-state index is 0.119. The summed E-state index contributed by atoms with van der Waals surface area (Å²) in [5.41, 5.74) is 7.92. The third kappa shape index (κ3) is 6.75. The maximum absolute atomic E-state index is 13.9. The summed E-state index contributed by atoms with van der Waals surface area (Å²) < 4.78 is 32.7. The van der Waals surface area contributed by atoms with Crippen molar-refractivity contribution >= 4 is 52.9 Å². The van der Waals surface area contributed by atoms with E-state index in [-0.39, 0.29) is 30.5 Å². The number of nitrogens with one attached hydrogen (secondary N) is 1. The summed E-state index contributed by atoms with van der Waals surface area (Å²) in [6, 6.07) is 12.6.